The standard InChI is InChI=1S/C17H23FN4O/c1-12-3-4-16(18)15(9-12)13(2)21-17-19-10-22(11-20-17)14-5-7-23-8-6-14/h3-4,9-10,13-14H,5-8,11H2,1-2H3,(H,20,21)/t13-/m0/s1. The highest BCUT2D eigenvalue weighted by Crippen LogP contribution is 2.19. The van der Waals surface area contributed by atoms with E-state index in [2.05, 4.69) is 20.2 Å². The molecule has 2 aliphatic rings. The predicted molar refractivity (Wildman–Crippen MR) is 89.2 cm³/mol. The van der Waals surface area contributed by atoms with Gasteiger partial charge in [-0.1, -0.05) is 17.7 Å². The summed E-state index contributed by atoms with van der Waals surface area (Å²) in [6, 6.07) is 5.40. The topological polar surface area (TPSA) is 49.2 Å². The Morgan fingerprint density at radius 3 is 2.83 bits per heavy atom. The lowest BCUT2D eigenvalue weighted by atomic mass is 10.1. The fourth-order valence-corrected chi connectivity index (χ4v) is 2.93. The van der Waals surface area contributed by atoms with E-state index < -0.39 is 0 Å². The Morgan fingerprint density at radius 1 is 1.35 bits per heavy atom. The molecule has 0 radical (unpaired) electrons. The highest BCUT2D eigenvalue weighted by Gasteiger charge is 2.21. The maximum atomic E-state index is 13.9. The molecule has 1 atom stereocenters. The van der Waals surface area contributed by atoms with Gasteiger partial charge >= 0.3 is 0 Å². The van der Waals surface area contributed by atoms with Crippen molar-refractivity contribution in [1.82, 2.24) is 10.2 Å². The molecular weight excluding hydrogens is 295 g/mol. The number of nitrogens with zero attached hydrogens (tertiary/aromatic N) is 3. The van der Waals surface area contributed by atoms with Crippen LogP contribution in [0.5, 0.6) is 0 Å². The molecule has 0 spiro atoms. The summed E-state index contributed by atoms with van der Waals surface area (Å²) in [5, 5.41) is 3.19. The van der Waals surface area contributed by atoms with Crippen molar-refractivity contribution in [1.29, 1.82) is 0 Å². The third-order valence-electron chi connectivity index (χ3n) is 4.34. The number of hydrogen-bond donors (Lipinski definition) is 1. The van der Waals surface area contributed by atoms with Gasteiger partial charge in [0.2, 0.25) is 5.96 Å². The zero-order valence-corrected chi connectivity index (χ0v) is 13.6. The number of guanidine groups is 1. The Hall–Kier alpha value is -1.95. The molecular formula is C17H23FN4O. The molecule has 0 aromatic heterocycles. The maximum absolute atomic E-state index is 13.9. The average Bonchev–Trinajstić information content (AvgIpc) is 2.58. The van der Waals surface area contributed by atoms with Crippen LogP contribution < -0.4 is 5.32 Å². The Bertz CT molecular complexity index is 611. The highest BCUT2D eigenvalue weighted by molar-refractivity contribution is 5.89. The van der Waals surface area contributed by atoms with Gasteiger partial charge in [0.1, 0.15) is 12.5 Å². The van der Waals surface area contributed by atoms with Crippen LogP contribution in [0.3, 0.4) is 0 Å². The molecule has 1 fully saturated rings. The number of nitrogens with one attached hydrogen (secondary N) is 1. The summed E-state index contributed by atoms with van der Waals surface area (Å²) in [7, 11) is 0. The van der Waals surface area contributed by atoms with Gasteiger partial charge in [0, 0.05) is 24.8 Å². The fourth-order valence-electron chi connectivity index (χ4n) is 2.93. The Kier molecular flexibility index (Phi) is 4.91. The van der Waals surface area contributed by atoms with Crippen LogP contribution in [0.15, 0.2) is 28.2 Å². The van der Waals surface area contributed by atoms with Gasteiger partial charge in [-0.25, -0.2) is 14.4 Å². The monoisotopic (exact) mass is 318 g/mol. The van der Waals surface area contributed by atoms with E-state index in [1.807, 2.05) is 26.3 Å². The molecule has 0 unspecified atom stereocenters. The summed E-state index contributed by atoms with van der Waals surface area (Å²) in [5.41, 5.74) is 1.67. The van der Waals surface area contributed by atoms with Crippen LogP contribution in [0, 0.1) is 12.7 Å². The van der Waals surface area contributed by atoms with E-state index in [1.165, 1.54) is 6.07 Å². The van der Waals surface area contributed by atoms with Crippen molar-refractivity contribution in [3.63, 3.8) is 0 Å². The first-order chi connectivity index (χ1) is 11.1. The van der Waals surface area contributed by atoms with Crippen LogP contribution in [0.2, 0.25) is 0 Å². The number of hydrogen-bond acceptors (Lipinski definition) is 5. The minimum atomic E-state index is -0.208. The maximum Gasteiger partial charge on any atom is 0.221 e. The van der Waals surface area contributed by atoms with Crippen molar-refractivity contribution in [2.45, 2.75) is 38.8 Å². The molecule has 0 bridgehead atoms. The smallest absolute Gasteiger partial charge is 0.221 e. The van der Waals surface area contributed by atoms with Gasteiger partial charge in [0.25, 0.3) is 0 Å². The molecule has 124 valence electrons. The second-order valence-corrected chi connectivity index (χ2v) is 6.12. The molecule has 2 heterocycles. The first kappa shape index (κ1) is 15.9. The minimum Gasteiger partial charge on any atom is -0.381 e. The van der Waals surface area contributed by atoms with E-state index >= 15 is 0 Å². The summed E-state index contributed by atoms with van der Waals surface area (Å²) in [6.45, 7) is 6.05. The molecule has 3 rings (SSSR count). The summed E-state index contributed by atoms with van der Waals surface area (Å²) < 4.78 is 19.3. The fraction of sp³-hybridized carbons (Fsp3) is 0.529. The lowest BCUT2D eigenvalue weighted by Crippen LogP contribution is -2.42. The number of aliphatic imine (C=N–C) groups is 2. The molecule has 23 heavy (non-hydrogen) atoms. The van der Waals surface area contributed by atoms with Crippen molar-refractivity contribution in [2.75, 3.05) is 19.9 Å². The van der Waals surface area contributed by atoms with E-state index in [0.29, 0.717) is 24.2 Å². The molecule has 2 aliphatic heterocycles. The van der Waals surface area contributed by atoms with Gasteiger partial charge in [0.15, 0.2) is 0 Å². The molecule has 1 saturated heterocycles. The van der Waals surface area contributed by atoms with E-state index in [-0.39, 0.29) is 11.9 Å². The van der Waals surface area contributed by atoms with Crippen molar-refractivity contribution >= 4 is 12.3 Å². The summed E-state index contributed by atoms with van der Waals surface area (Å²) in [5.74, 6) is 0.349. The lowest BCUT2D eigenvalue weighted by molar-refractivity contribution is 0.0568. The van der Waals surface area contributed by atoms with Crippen LogP contribution in [0.4, 0.5) is 4.39 Å². The van der Waals surface area contributed by atoms with Crippen molar-refractivity contribution < 1.29 is 9.13 Å². The van der Waals surface area contributed by atoms with E-state index in [1.54, 1.807) is 6.07 Å². The molecule has 1 aromatic rings. The second kappa shape index (κ2) is 7.08. The van der Waals surface area contributed by atoms with Crippen LogP contribution >= 0.6 is 0 Å². The third kappa shape index (κ3) is 3.88. The van der Waals surface area contributed by atoms with E-state index in [0.717, 1.165) is 31.6 Å². The summed E-state index contributed by atoms with van der Waals surface area (Å²) in [6.07, 6.45) is 3.86. The number of halogens is 1. The van der Waals surface area contributed by atoms with Gasteiger partial charge in [-0.05, 0) is 32.8 Å². The summed E-state index contributed by atoms with van der Waals surface area (Å²) in [4.78, 5) is 11.0. The molecule has 1 N–H and O–H groups in total. The van der Waals surface area contributed by atoms with Gasteiger partial charge in [-0.15, -0.1) is 0 Å². The molecule has 5 nitrogen and oxygen atoms in total. The minimum absolute atomic E-state index is 0.180. The Balaban J connectivity index is 1.60. The number of benzene rings is 1. The van der Waals surface area contributed by atoms with Crippen molar-refractivity contribution in [3.05, 3.63) is 35.1 Å². The largest absolute Gasteiger partial charge is 0.381 e. The van der Waals surface area contributed by atoms with Crippen LogP contribution in [-0.2, 0) is 4.74 Å². The second-order valence-electron chi connectivity index (χ2n) is 6.12. The van der Waals surface area contributed by atoms with Crippen LogP contribution in [-0.4, -0.2) is 43.1 Å². The van der Waals surface area contributed by atoms with Gasteiger partial charge in [-0.2, -0.15) is 0 Å². The van der Waals surface area contributed by atoms with Gasteiger partial charge < -0.3 is 15.0 Å². The quantitative estimate of drug-likeness (QED) is 0.932. The SMILES string of the molecule is Cc1ccc(F)c([C@H](C)NC2=NCN(C3CCOCC3)C=N2)c1. The number of ether oxygens (including phenoxy) is 1. The Morgan fingerprint density at radius 2 is 2.13 bits per heavy atom. The summed E-state index contributed by atoms with van der Waals surface area (Å²) >= 11 is 0. The van der Waals surface area contributed by atoms with Crippen molar-refractivity contribution in [2.24, 2.45) is 9.98 Å². The molecule has 0 aliphatic carbocycles. The third-order valence-corrected chi connectivity index (χ3v) is 4.34. The number of rotatable bonds is 3. The van der Waals surface area contributed by atoms with E-state index in [9.17, 15) is 4.39 Å². The number of aryl methyl sites for hydroxylation is 1. The van der Waals surface area contributed by atoms with Gasteiger partial charge in [-0.3, -0.25) is 0 Å². The van der Waals surface area contributed by atoms with Crippen LogP contribution in [0.25, 0.3) is 0 Å². The van der Waals surface area contributed by atoms with Crippen LogP contribution in [0.1, 0.15) is 36.9 Å². The van der Waals surface area contributed by atoms with E-state index in [4.69, 9.17) is 4.74 Å². The first-order valence-corrected chi connectivity index (χ1v) is 8.08. The molecule has 0 saturated carbocycles. The predicted octanol–water partition coefficient (Wildman–Crippen LogP) is 2.62. The lowest BCUT2D eigenvalue weighted by Gasteiger charge is -2.33. The molecule has 0 amide bonds. The van der Waals surface area contributed by atoms with Gasteiger partial charge in [0.05, 0.1) is 12.4 Å². The average molecular weight is 318 g/mol. The normalized spacial score (nSPS) is 20.3. The zero-order valence-electron chi connectivity index (χ0n) is 13.6. The first-order valence-electron chi connectivity index (χ1n) is 8.08. The molecule has 6 heteroatoms. The van der Waals surface area contributed by atoms with Crippen molar-refractivity contribution in [3.8, 4) is 0 Å². The highest BCUT2D eigenvalue weighted by atomic mass is 19.1. The Labute approximate surface area is 136 Å². The molecule has 1 aromatic carbocycles. The zero-order chi connectivity index (χ0) is 16.2.